The standard InChI is InChI=1S/C21H23N3O3S/c1-14-18(12-23-25)15(2)24(13-16-7-9-22-10-8-16)21(14)28-20-11-17(26-3)5-6-19(20)27-4/h5-11H,12-13H2,1-4H3. The molecule has 146 valence electrons. The summed E-state index contributed by atoms with van der Waals surface area (Å²) in [4.78, 5) is 16.0. The van der Waals surface area contributed by atoms with E-state index in [0.717, 1.165) is 43.8 Å². The summed E-state index contributed by atoms with van der Waals surface area (Å²) >= 11 is 1.60. The van der Waals surface area contributed by atoms with Crippen LogP contribution in [0.25, 0.3) is 0 Å². The van der Waals surface area contributed by atoms with Gasteiger partial charge >= 0.3 is 0 Å². The van der Waals surface area contributed by atoms with Crippen LogP contribution in [-0.4, -0.2) is 23.8 Å². The molecule has 6 nitrogen and oxygen atoms in total. The molecule has 0 amide bonds. The van der Waals surface area contributed by atoms with Gasteiger partial charge in [0.2, 0.25) is 0 Å². The molecule has 0 spiro atoms. The van der Waals surface area contributed by atoms with Gasteiger partial charge in [0.1, 0.15) is 18.0 Å². The van der Waals surface area contributed by atoms with E-state index in [0.29, 0.717) is 6.54 Å². The number of benzene rings is 1. The minimum Gasteiger partial charge on any atom is -0.497 e. The molecule has 0 N–H and O–H groups in total. The number of pyridine rings is 1. The molecule has 28 heavy (non-hydrogen) atoms. The lowest BCUT2D eigenvalue weighted by Gasteiger charge is -2.14. The molecule has 0 aliphatic heterocycles. The van der Waals surface area contributed by atoms with Crippen molar-refractivity contribution in [2.75, 3.05) is 14.2 Å². The molecule has 0 aliphatic carbocycles. The van der Waals surface area contributed by atoms with E-state index in [1.807, 2.05) is 44.2 Å². The minimum atomic E-state index is 0.157. The molecule has 0 unspecified atom stereocenters. The molecule has 0 bridgehead atoms. The maximum Gasteiger partial charge on any atom is 0.133 e. The van der Waals surface area contributed by atoms with E-state index < -0.39 is 0 Å². The normalized spacial score (nSPS) is 10.7. The van der Waals surface area contributed by atoms with Crippen LogP contribution < -0.4 is 9.47 Å². The Kier molecular flexibility index (Phi) is 6.36. The van der Waals surface area contributed by atoms with Gasteiger partial charge in [-0.25, -0.2) is 0 Å². The number of ether oxygens (including phenoxy) is 2. The van der Waals surface area contributed by atoms with Crippen molar-refractivity contribution in [1.82, 2.24) is 9.55 Å². The van der Waals surface area contributed by atoms with Crippen molar-refractivity contribution in [1.29, 1.82) is 0 Å². The van der Waals surface area contributed by atoms with Crippen LogP contribution in [0.5, 0.6) is 11.5 Å². The molecule has 3 rings (SSSR count). The van der Waals surface area contributed by atoms with Gasteiger partial charge in [0.05, 0.1) is 24.1 Å². The number of methoxy groups -OCH3 is 2. The van der Waals surface area contributed by atoms with Gasteiger partial charge in [-0.2, -0.15) is 4.91 Å². The summed E-state index contributed by atoms with van der Waals surface area (Å²) < 4.78 is 13.1. The molecule has 0 saturated heterocycles. The Morgan fingerprint density at radius 1 is 1.11 bits per heavy atom. The first-order chi connectivity index (χ1) is 13.6. The van der Waals surface area contributed by atoms with Crippen molar-refractivity contribution in [3.63, 3.8) is 0 Å². The first kappa shape index (κ1) is 19.9. The van der Waals surface area contributed by atoms with Crippen LogP contribution in [0.1, 0.15) is 22.4 Å². The summed E-state index contributed by atoms with van der Waals surface area (Å²) in [6.07, 6.45) is 3.57. The van der Waals surface area contributed by atoms with E-state index in [-0.39, 0.29) is 6.54 Å². The number of hydrogen-bond acceptors (Lipinski definition) is 6. The molecule has 2 aromatic heterocycles. The van der Waals surface area contributed by atoms with E-state index >= 15 is 0 Å². The SMILES string of the molecule is COc1ccc(OC)c(Sc2c(C)c(CN=O)c(C)n2Cc2ccncc2)c1. The molecule has 0 fully saturated rings. The van der Waals surface area contributed by atoms with Crippen LogP contribution in [0, 0.1) is 18.8 Å². The molecule has 0 aliphatic rings. The number of hydrogen-bond donors (Lipinski definition) is 0. The highest BCUT2D eigenvalue weighted by atomic mass is 32.2. The van der Waals surface area contributed by atoms with Gasteiger partial charge in [0, 0.05) is 30.2 Å². The summed E-state index contributed by atoms with van der Waals surface area (Å²) in [6, 6.07) is 9.71. The fourth-order valence-corrected chi connectivity index (χ4v) is 4.40. The van der Waals surface area contributed by atoms with Crippen LogP contribution in [0.3, 0.4) is 0 Å². The average Bonchev–Trinajstić information content (AvgIpc) is 2.93. The van der Waals surface area contributed by atoms with Crippen LogP contribution in [0.15, 0.2) is 57.8 Å². The zero-order chi connectivity index (χ0) is 20.1. The summed E-state index contributed by atoms with van der Waals surface area (Å²) in [7, 11) is 3.30. The summed E-state index contributed by atoms with van der Waals surface area (Å²) in [6.45, 7) is 4.90. The highest BCUT2D eigenvalue weighted by Gasteiger charge is 2.20. The zero-order valence-electron chi connectivity index (χ0n) is 16.4. The molecule has 0 atom stereocenters. The van der Waals surface area contributed by atoms with Gasteiger partial charge in [0.15, 0.2) is 0 Å². The summed E-state index contributed by atoms with van der Waals surface area (Å²) in [5.74, 6) is 1.54. The lowest BCUT2D eigenvalue weighted by atomic mass is 10.2. The fraction of sp³-hybridized carbons (Fsp3) is 0.286. The van der Waals surface area contributed by atoms with E-state index in [1.54, 1.807) is 38.4 Å². The lowest BCUT2D eigenvalue weighted by molar-refractivity contribution is 0.394. The monoisotopic (exact) mass is 397 g/mol. The second-order valence-corrected chi connectivity index (χ2v) is 7.37. The second-order valence-electron chi connectivity index (χ2n) is 6.34. The Morgan fingerprint density at radius 3 is 2.50 bits per heavy atom. The Bertz CT molecular complexity index is 971. The third kappa shape index (κ3) is 4.04. The fourth-order valence-electron chi connectivity index (χ4n) is 3.18. The molecule has 3 aromatic rings. The van der Waals surface area contributed by atoms with Crippen molar-refractivity contribution in [2.24, 2.45) is 5.18 Å². The molecule has 0 radical (unpaired) electrons. The Labute approximate surface area is 168 Å². The van der Waals surface area contributed by atoms with Crippen molar-refractivity contribution in [3.8, 4) is 11.5 Å². The molecule has 1 aromatic carbocycles. The van der Waals surface area contributed by atoms with Crippen molar-refractivity contribution in [3.05, 3.63) is 70.0 Å². The van der Waals surface area contributed by atoms with Crippen LogP contribution in [0.2, 0.25) is 0 Å². The number of nitrogens with zero attached hydrogens (tertiary/aromatic N) is 3. The van der Waals surface area contributed by atoms with Crippen LogP contribution >= 0.6 is 11.8 Å². The maximum atomic E-state index is 11.0. The van der Waals surface area contributed by atoms with Crippen molar-refractivity contribution in [2.45, 2.75) is 36.9 Å². The first-order valence-electron chi connectivity index (χ1n) is 8.85. The third-order valence-corrected chi connectivity index (χ3v) is 6.01. The molecule has 0 saturated carbocycles. The predicted molar refractivity (Wildman–Crippen MR) is 110 cm³/mol. The Morgan fingerprint density at radius 2 is 1.86 bits per heavy atom. The smallest absolute Gasteiger partial charge is 0.133 e. The highest BCUT2D eigenvalue weighted by molar-refractivity contribution is 7.99. The van der Waals surface area contributed by atoms with Gasteiger partial charge in [-0.3, -0.25) is 4.98 Å². The van der Waals surface area contributed by atoms with Gasteiger partial charge in [-0.1, -0.05) is 16.9 Å². The van der Waals surface area contributed by atoms with Crippen LogP contribution in [-0.2, 0) is 13.1 Å². The van der Waals surface area contributed by atoms with Gasteiger partial charge in [-0.15, -0.1) is 0 Å². The zero-order valence-corrected chi connectivity index (χ0v) is 17.2. The third-order valence-electron chi connectivity index (χ3n) is 4.75. The Hall–Kier alpha value is -2.80. The maximum absolute atomic E-state index is 11.0. The topological polar surface area (TPSA) is 65.7 Å². The average molecular weight is 398 g/mol. The molecule has 7 heteroatoms. The van der Waals surface area contributed by atoms with E-state index in [4.69, 9.17) is 9.47 Å². The lowest BCUT2D eigenvalue weighted by Crippen LogP contribution is -2.04. The number of aromatic nitrogens is 2. The number of nitroso groups, excluding NO2 is 1. The quantitative estimate of drug-likeness (QED) is 0.501. The van der Waals surface area contributed by atoms with Gasteiger partial charge in [-0.05, 0) is 55.3 Å². The molecular weight excluding hydrogens is 374 g/mol. The number of rotatable bonds is 8. The van der Waals surface area contributed by atoms with E-state index in [2.05, 4.69) is 14.7 Å². The van der Waals surface area contributed by atoms with Crippen molar-refractivity contribution >= 4 is 11.8 Å². The van der Waals surface area contributed by atoms with Crippen molar-refractivity contribution < 1.29 is 9.47 Å². The van der Waals surface area contributed by atoms with E-state index in [9.17, 15) is 4.91 Å². The van der Waals surface area contributed by atoms with Gasteiger partial charge < -0.3 is 14.0 Å². The first-order valence-corrected chi connectivity index (χ1v) is 9.67. The minimum absolute atomic E-state index is 0.157. The van der Waals surface area contributed by atoms with E-state index in [1.165, 1.54) is 0 Å². The highest BCUT2D eigenvalue weighted by Crippen LogP contribution is 2.41. The molecular formula is C21H23N3O3S. The molecule has 2 heterocycles. The van der Waals surface area contributed by atoms with Gasteiger partial charge in [0.25, 0.3) is 0 Å². The Balaban J connectivity index is 2.09. The largest absolute Gasteiger partial charge is 0.497 e. The summed E-state index contributed by atoms with van der Waals surface area (Å²) in [5, 5.41) is 4.19. The summed E-state index contributed by atoms with van der Waals surface area (Å²) in [5.41, 5.74) is 4.20. The second kappa shape index (κ2) is 8.93. The predicted octanol–water partition coefficient (Wildman–Crippen LogP) is 4.98. The van der Waals surface area contributed by atoms with Crippen LogP contribution in [0.4, 0.5) is 0 Å².